The maximum atomic E-state index is 12.3. The van der Waals surface area contributed by atoms with Crippen LogP contribution in [0.25, 0.3) is 10.9 Å². The number of fused-ring (bicyclic) bond motifs is 3. The molecule has 0 saturated carbocycles. The van der Waals surface area contributed by atoms with Gasteiger partial charge in [-0.25, -0.2) is 0 Å². The van der Waals surface area contributed by atoms with E-state index in [1.807, 2.05) is 6.92 Å². The number of unbranched alkanes of at least 4 members (excludes halogenated alkanes) is 1. The van der Waals surface area contributed by atoms with Crippen LogP contribution in [0.4, 0.5) is 5.69 Å². The third-order valence-corrected chi connectivity index (χ3v) is 5.67. The quantitative estimate of drug-likeness (QED) is 0.887. The van der Waals surface area contributed by atoms with Gasteiger partial charge >= 0.3 is 10.2 Å². The van der Waals surface area contributed by atoms with Crippen LogP contribution in [0.5, 0.6) is 0 Å². The number of nitrogens with zero attached hydrogens (tertiary/aromatic N) is 1. The van der Waals surface area contributed by atoms with E-state index in [2.05, 4.69) is 9.71 Å². The van der Waals surface area contributed by atoms with Crippen LogP contribution in [0.2, 0.25) is 10.0 Å². The Labute approximate surface area is 133 Å². The van der Waals surface area contributed by atoms with Gasteiger partial charge in [-0.1, -0.05) is 36.5 Å². The number of aromatic nitrogens is 1. The molecular formula is C13H15Cl2N3O2S. The highest BCUT2D eigenvalue weighted by Gasteiger charge is 2.31. The molecule has 0 saturated heterocycles. The summed E-state index contributed by atoms with van der Waals surface area (Å²) in [5.74, 6) is 0. The summed E-state index contributed by atoms with van der Waals surface area (Å²) in [6.45, 7) is 2.84. The lowest BCUT2D eigenvalue weighted by atomic mass is 10.1. The molecule has 2 heterocycles. The van der Waals surface area contributed by atoms with Crippen molar-refractivity contribution < 1.29 is 8.42 Å². The van der Waals surface area contributed by atoms with E-state index in [4.69, 9.17) is 23.2 Å². The van der Waals surface area contributed by atoms with Crippen LogP contribution in [-0.2, 0) is 16.8 Å². The summed E-state index contributed by atoms with van der Waals surface area (Å²) >= 11 is 12.3. The maximum absolute atomic E-state index is 12.3. The molecule has 114 valence electrons. The topological polar surface area (TPSA) is 65.2 Å². The lowest BCUT2D eigenvalue weighted by Crippen LogP contribution is -2.40. The second-order valence-corrected chi connectivity index (χ2v) is 7.56. The third-order valence-electron chi connectivity index (χ3n) is 3.62. The zero-order chi connectivity index (χ0) is 15.2. The summed E-state index contributed by atoms with van der Waals surface area (Å²) in [5, 5.41) is 1.64. The Morgan fingerprint density at radius 1 is 1.33 bits per heavy atom. The number of H-pyrrole nitrogens is 1. The fourth-order valence-corrected chi connectivity index (χ4v) is 4.46. The average Bonchev–Trinajstić information content (AvgIpc) is 2.80. The van der Waals surface area contributed by atoms with Crippen LogP contribution in [0.15, 0.2) is 12.3 Å². The summed E-state index contributed by atoms with van der Waals surface area (Å²) in [6.07, 6.45) is 3.36. The van der Waals surface area contributed by atoms with Crippen molar-refractivity contribution in [3.8, 4) is 0 Å². The van der Waals surface area contributed by atoms with Gasteiger partial charge in [-0.05, 0) is 18.1 Å². The Kier molecular flexibility index (Phi) is 3.81. The summed E-state index contributed by atoms with van der Waals surface area (Å²) < 4.78 is 28.7. The van der Waals surface area contributed by atoms with Crippen molar-refractivity contribution in [3.05, 3.63) is 27.9 Å². The largest absolute Gasteiger partial charge is 0.358 e. The lowest BCUT2D eigenvalue weighted by Gasteiger charge is -2.29. The normalized spacial score (nSPS) is 17.7. The van der Waals surface area contributed by atoms with E-state index in [9.17, 15) is 8.42 Å². The summed E-state index contributed by atoms with van der Waals surface area (Å²) in [6, 6.07) is 1.78. The number of hydrogen-bond acceptors (Lipinski definition) is 2. The number of benzene rings is 1. The Morgan fingerprint density at radius 3 is 2.81 bits per heavy atom. The fourth-order valence-electron chi connectivity index (χ4n) is 2.53. The predicted molar refractivity (Wildman–Crippen MR) is 86.2 cm³/mol. The molecule has 3 rings (SSSR count). The van der Waals surface area contributed by atoms with Crippen molar-refractivity contribution in [1.82, 2.24) is 9.29 Å². The van der Waals surface area contributed by atoms with Crippen molar-refractivity contribution >= 4 is 50.0 Å². The molecule has 0 spiro atoms. The van der Waals surface area contributed by atoms with Gasteiger partial charge in [-0.3, -0.25) is 4.72 Å². The summed E-state index contributed by atoms with van der Waals surface area (Å²) in [4.78, 5) is 2.99. The van der Waals surface area contributed by atoms with Gasteiger partial charge in [-0.2, -0.15) is 12.7 Å². The minimum Gasteiger partial charge on any atom is -0.358 e. The molecule has 2 N–H and O–H groups in total. The predicted octanol–water partition coefficient (Wildman–Crippen LogP) is 3.75. The first kappa shape index (κ1) is 15.0. The van der Waals surface area contributed by atoms with Gasteiger partial charge in [-0.15, -0.1) is 0 Å². The fraction of sp³-hybridized carbons (Fsp3) is 0.385. The van der Waals surface area contributed by atoms with Gasteiger partial charge < -0.3 is 4.98 Å². The molecule has 1 aromatic carbocycles. The number of aromatic amines is 1. The maximum Gasteiger partial charge on any atom is 0.302 e. The Bertz CT molecular complexity index is 801. The van der Waals surface area contributed by atoms with Gasteiger partial charge in [0.2, 0.25) is 0 Å². The number of anilines is 1. The first-order valence-corrected chi connectivity index (χ1v) is 8.89. The molecule has 1 aliphatic rings. The highest BCUT2D eigenvalue weighted by molar-refractivity contribution is 7.90. The highest BCUT2D eigenvalue weighted by atomic mass is 35.5. The lowest BCUT2D eigenvalue weighted by molar-refractivity contribution is 0.397. The molecule has 0 radical (unpaired) electrons. The Balaban J connectivity index is 2.12. The van der Waals surface area contributed by atoms with E-state index in [0.29, 0.717) is 39.7 Å². The van der Waals surface area contributed by atoms with Gasteiger partial charge in [0.25, 0.3) is 0 Å². The minimum atomic E-state index is -3.53. The van der Waals surface area contributed by atoms with Gasteiger partial charge in [0.15, 0.2) is 0 Å². The number of halogens is 2. The second kappa shape index (κ2) is 5.35. The SMILES string of the molecule is CCCCN1Cc2cc(Cl)c3c(Cl)c[nH]c3c2NS1(=O)=O. The monoisotopic (exact) mass is 347 g/mol. The van der Waals surface area contributed by atoms with E-state index in [0.717, 1.165) is 18.4 Å². The molecular weight excluding hydrogens is 333 g/mol. The van der Waals surface area contributed by atoms with E-state index in [1.54, 1.807) is 12.3 Å². The van der Waals surface area contributed by atoms with E-state index >= 15 is 0 Å². The third kappa shape index (κ3) is 2.50. The first-order valence-electron chi connectivity index (χ1n) is 6.70. The van der Waals surface area contributed by atoms with Crippen LogP contribution in [0.1, 0.15) is 25.3 Å². The summed E-state index contributed by atoms with van der Waals surface area (Å²) in [7, 11) is -3.53. The van der Waals surface area contributed by atoms with Crippen LogP contribution >= 0.6 is 23.2 Å². The zero-order valence-corrected chi connectivity index (χ0v) is 13.7. The molecule has 0 amide bonds. The van der Waals surface area contributed by atoms with Gasteiger partial charge in [0, 0.05) is 24.7 Å². The Hall–Kier alpha value is -0.950. The molecule has 0 fully saturated rings. The molecule has 5 nitrogen and oxygen atoms in total. The molecule has 1 aromatic heterocycles. The number of nitrogens with one attached hydrogen (secondary N) is 2. The van der Waals surface area contributed by atoms with Crippen LogP contribution in [-0.4, -0.2) is 24.3 Å². The number of hydrogen-bond donors (Lipinski definition) is 2. The van der Waals surface area contributed by atoms with E-state index in [1.165, 1.54) is 4.31 Å². The molecule has 0 atom stereocenters. The van der Waals surface area contributed by atoms with Crippen molar-refractivity contribution in [2.24, 2.45) is 0 Å². The van der Waals surface area contributed by atoms with Crippen molar-refractivity contribution in [2.45, 2.75) is 26.3 Å². The van der Waals surface area contributed by atoms with Gasteiger partial charge in [0.05, 0.1) is 21.2 Å². The second-order valence-electron chi connectivity index (χ2n) is 5.07. The van der Waals surface area contributed by atoms with E-state index < -0.39 is 10.2 Å². The molecule has 21 heavy (non-hydrogen) atoms. The van der Waals surface area contributed by atoms with Crippen LogP contribution in [0.3, 0.4) is 0 Å². The molecule has 8 heteroatoms. The zero-order valence-electron chi connectivity index (χ0n) is 11.4. The average molecular weight is 348 g/mol. The van der Waals surface area contributed by atoms with Crippen LogP contribution < -0.4 is 4.72 Å². The smallest absolute Gasteiger partial charge is 0.302 e. The van der Waals surface area contributed by atoms with Crippen molar-refractivity contribution in [1.29, 1.82) is 0 Å². The van der Waals surface area contributed by atoms with Gasteiger partial charge in [0.1, 0.15) is 0 Å². The molecule has 2 aromatic rings. The van der Waals surface area contributed by atoms with Crippen molar-refractivity contribution in [3.63, 3.8) is 0 Å². The van der Waals surface area contributed by atoms with Crippen molar-refractivity contribution in [2.75, 3.05) is 11.3 Å². The molecule has 0 bridgehead atoms. The molecule has 0 unspecified atom stereocenters. The summed E-state index contributed by atoms with van der Waals surface area (Å²) in [5.41, 5.74) is 2.01. The standard InChI is InChI=1S/C13H15Cl2N3O2S/c1-2-3-4-18-7-8-5-9(14)11-10(15)6-16-13(11)12(8)17-21(18,19)20/h5-6,16-17H,2-4,7H2,1H3. The molecule has 0 aliphatic carbocycles. The number of rotatable bonds is 3. The van der Waals surface area contributed by atoms with E-state index in [-0.39, 0.29) is 0 Å². The Morgan fingerprint density at radius 2 is 2.10 bits per heavy atom. The molecule has 1 aliphatic heterocycles. The minimum absolute atomic E-state index is 0.316. The highest BCUT2D eigenvalue weighted by Crippen LogP contribution is 2.40. The van der Waals surface area contributed by atoms with Crippen LogP contribution in [0, 0.1) is 0 Å². The first-order chi connectivity index (χ1) is 9.94.